The van der Waals surface area contributed by atoms with Crippen molar-refractivity contribution in [1.29, 1.82) is 0 Å². The van der Waals surface area contributed by atoms with Gasteiger partial charge in [0.2, 0.25) is 0 Å². The van der Waals surface area contributed by atoms with Crippen molar-refractivity contribution < 1.29 is 14.3 Å². The van der Waals surface area contributed by atoms with Gasteiger partial charge in [0.1, 0.15) is 0 Å². The molecule has 98 valence electrons. The first-order valence-electron chi connectivity index (χ1n) is 5.18. The smallest absolute Gasteiger partial charge is 0.336 e. The zero-order valence-electron chi connectivity index (χ0n) is 9.72. The van der Waals surface area contributed by atoms with Gasteiger partial charge in [0.15, 0.2) is 11.0 Å². The van der Waals surface area contributed by atoms with Crippen LogP contribution < -0.4 is 0 Å². The van der Waals surface area contributed by atoms with E-state index in [2.05, 4.69) is 25.9 Å². The normalized spacial score (nSPS) is 10.5. The van der Waals surface area contributed by atoms with Gasteiger partial charge in [-0.15, -0.1) is 0 Å². The van der Waals surface area contributed by atoms with Gasteiger partial charge in [-0.25, -0.2) is 19.2 Å². The van der Waals surface area contributed by atoms with Gasteiger partial charge in [-0.2, -0.15) is 0 Å². The van der Waals surface area contributed by atoms with E-state index in [0.717, 1.165) is 17.5 Å². The third kappa shape index (κ3) is 3.10. The Morgan fingerprint density at radius 3 is 2.79 bits per heavy atom. The Hall–Kier alpha value is -1.47. The summed E-state index contributed by atoms with van der Waals surface area (Å²) in [5.41, 5.74) is 0.658. The van der Waals surface area contributed by atoms with E-state index < -0.39 is 11.8 Å². The molecule has 1 N–H and O–H groups in total. The van der Waals surface area contributed by atoms with E-state index in [4.69, 9.17) is 5.11 Å². The summed E-state index contributed by atoms with van der Waals surface area (Å²) in [6.45, 7) is 1.81. The molecule has 0 aliphatic carbocycles. The zero-order valence-corrected chi connectivity index (χ0v) is 12.1. The van der Waals surface area contributed by atoms with Crippen LogP contribution in [0.5, 0.6) is 0 Å². The average molecular weight is 343 g/mol. The summed E-state index contributed by atoms with van der Waals surface area (Å²) in [6, 6.07) is 4.48. The molecule has 0 saturated heterocycles. The lowest BCUT2D eigenvalue weighted by Gasteiger charge is -2.06. The number of aryl methyl sites for hydroxylation is 1. The van der Waals surface area contributed by atoms with Crippen LogP contribution in [0.4, 0.5) is 4.39 Å². The molecule has 0 spiro atoms. The Morgan fingerprint density at radius 1 is 1.42 bits per heavy atom. The van der Waals surface area contributed by atoms with Crippen LogP contribution in [-0.2, 0) is 0 Å². The minimum atomic E-state index is -1.19. The molecular formula is C12H8BrFN2O2S. The van der Waals surface area contributed by atoms with Crippen LogP contribution in [0.1, 0.15) is 16.1 Å². The first-order chi connectivity index (χ1) is 8.99. The number of rotatable bonds is 3. The molecule has 0 atom stereocenters. The van der Waals surface area contributed by atoms with Crippen molar-refractivity contribution in [3.63, 3.8) is 0 Å². The lowest BCUT2D eigenvalue weighted by molar-refractivity contribution is 0.0695. The van der Waals surface area contributed by atoms with Crippen LogP contribution >= 0.6 is 27.7 Å². The molecule has 2 aromatic rings. The minimum absolute atomic E-state index is 0.0716. The highest BCUT2D eigenvalue weighted by Crippen LogP contribution is 2.32. The topological polar surface area (TPSA) is 63.1 Å². The van der Waals surface area contributed by atoms with Crippen molar-refractivity contribution in [1.82, 2.24) is 9.97 Å². The van der Waals surface area contributed by atoms with Crippen LogP contribution in [0.2, 0.25) is 0 Å². The van der Waals surface area contributed by atoms with Gasteiger partial charge in [-0.05, 0) is 52.8 Å². The van der Waals surface area contributed by atoms with Gasteiger partial charge < -0.3 is 5.11 Å². The van der Waals surface area contributed by atoms with Crippen molar-refractivity contribution >= 4 is 33.7 Å². The number of hydrogen-bond acceptors (Lipinski definition) is 4. The molecule has 1 aromatic heterocycles. The third-order valence-corrected chi connectivity index (χ3v) is 3.94. The SMILES string of the molecule is Cc1ccnc(Sc2ccc(C(=O)O)c(Br)c2F)n1. The molecule has 0 aliphatic heterocycles. The van der Waals surface area contributed by atoms with E-state index in [1.807, 2.05) is 6.92 Å². The van der Waals surface area contributed by atoms with Crippen molar-refractivity contribution in [2.24, 2.45) is 0 Å². The summed E-state index contributed by atoms with van der Waals surface area (Å²) in [4.78, 5) is 19.3. The molecule has 19 heavy (non-hydrogen) atoms. The molecule has 0 aliphatic rings. The van der Waals surface area contributed by atoms with E-state index in [-0.39, 0.29) is 14.9 Å². The van der Waals surface area contributed by atoms with Gasteiger partial charge in [0.25, 0.3) is 0 Å². The second kappa shape index (κ2) is 5.66. The van der Waals surface area contributed by atoms with E-state index in [1.165, 1.54) is 12.1 Å². The summed E-state index contributed by atoms with van der Waals surface area (Å²) in [5, 5.41) is 9.29. The monoisotopic (exact) mass is 342 g/mol. The molecule has 2 rings (SSSR count). The number of nitrogens with zero attached hydrogens (tertiary/aromatic N) is 2. The lowest BCUT2D eigenvalue weighted by atomic mass is 10.2. The van der Waals surface area contributed by atoms with E-state index in [9.17, 15) is 9.18 Å². The molecule has 0 unspecified atom stereocenters. The third-order valence-electron chi connectivity index (χ3n) is 2.25. The average Bonchev–Trinajstić information content (AvgIpc) is 2.35. The first kappa shape index (κ1) is 14.0. The maximum absolute atomic E-state index is 14.0. The Balaban J connectivity index is 2.37. The number of aromatic carboxylic acids is 1. The fraction of sp³-hybridized carbons (Fsp3) is 0.0833. The van der Waals surface area contributed by atoms with Gasteiger partial charge in [-0.1, -0.05) is 0 Å². The zero-order chi connectivity index (χ0) is 14.0. The summed E-state index contributed by atoms with van der Waals surface area (Å²) in [6.07, 6.45) is 1.59. The fourth-order valence-corrected chi connectivity index (χ4v) is 2.82. The molecule has 1 aromatic carbocycles. The number of aromatic nitrogens is 2. The molecule has 4 nitrogen and oxygen atoms in total. The van der Waals surface area contributed by atoms with Crippen molar-refractivity contribution in [2.45, 2.75) is 17.0 Å². The Labute approximate surface area is 121 Å². The summed E-state index contributed by atoms with van der Waals surface area (Å²) in [5.74, 6) is -1.82. The standard InChI is InChI=1S/C12H8BrFN2O2S/c1-6-4-5-15-12(16-6)19-8-3-2-7(11(17)18)9(13)10(8)14/h2-5H,1H3,(H,17,18). The van der Waals surface area contributed by atoms with Crippen LogP contribution in [0.3, 0.4) is 0 Å². The van der Waals surface area contributed by atoms with Crippen molar-refractivity contribution in [2.75, 3.05) is 0 Å². The first-order valence-corrected chi connectivity index (χ1v) is 6.79. The predicted molar refractivity (Wildman–Crippen MR) is 72.0 cm³/mol. The highest BCUT2D eigenvalue weighted by atomic mass is 79.9. The predicted octanol–water partition coefficient (Wildman–Crippen LogP) is 3.54. The number of halogens is 2. The Kier molecular flexibility index (Phi) is 4.16. The summed E-state index contributed by atoms with van der Waals surface area (Å²) < 4.78 is 14.0. The van der Waals surface area contributed by atoms with E-state index >= 15 is 0 Å². The molecule has 0 radical (unpaired) electrons. The number of carbonyl (C=O) groups is 1. The van der Waals surface area contributed by atoms with E-state index in [0.29, 0.717) is 5.16 Å². The van der Waals surface area contributed by atoms with Gasteiger partial charge in [-0.3, -0.25) is 0 Å². The fourth-order valence-electron chi connectivity index (χ4n) is 1.35. The molecule has 0 bridgehead atoms. The highest BCUT2D eigenvalue weighted by Gasteiger charge is 2.17. The minimum Gasteiger partial charge on any atom is -0.478 e. The number of carboxylic acid groups (broad SMARTS) is 1. The number of carboxylic acids is 1. The van der Waals surface area contributed by atoms with Crippen LogP contribution in [0.15, 0.2) is 38.9 Å². The molecule has 0 amide bonds. The Morgan fingerprint density at radius 2 is 2.16 bits per heavy atom. The maximum atomic E-state index is 14.0. The van der Waals surface area contributed by atoms with Gasteiger partial charge >= 0.3 is 5.97 Å². The number of benzene rings is 1. The van der Waals surface area contributed by atoms with Crippen LogP contribution in [-0.4, -0.2) is 21.0 Å². The largest absolute Gasteiger partial charge is 0.478 e. The molecular weight excluding hydrogens is 335 g/mol. The van der Waals surface area contributed by atoms with Crippen molar-refractivity contribution in [3.8, 4) is 0 Å². The summed E-state index contributed by atoms with van der Waals surface area (Å²) in [7, 11) is 0. The van der Waals surface area contributed by atoms with Gasteiger partial charge in [0.05, 0.1) is 14.9 Å². The van der Waals surface area contributed by atoms with Crippen molar-refractivity contribution in [3.05, 3.63) is 45.9 Å². The van der Waals surface area contributed by atoms with Gasteiger partial charge in [0, 0.05) is 11.9 Å². The maximum Gasteiger partial charge on any atom is 0.336 e. The quantitative estimate of drug-likeness (QED) is 0.864. The molecule has 7 heteroatoms. The molecule has 0 saturated carbocycles. The van der Waals surface area contributed by atoms with E-state index in [1.54, 1.807) is 12.3 Å². The second-order valence-corrected chi connectivity index (χ2v) is 5.43. The lowest BCUT2D eigenvalue weighted by Crippen LogP contribution is -2.00. The molecule has 0 fully saturated rings. The highest BCUT2D eigenvalue weighted by molar-refractivity contribution is 9.10. The Bertz CT molecular complexity index is 652. The number of hydrogen-bond donors (Lipinski definition) is 1. The van der Waals surface area contributed by atoms with Crippen LogP contribution in [0.25, 0.3) is 0 Å². The van der Waals surface area contributed by atoms with Crippen LogP contribution in [0, 0.1) is 12.7 Å². The second-order valence-electron chi connectivity index (χ2n) is 3.63. The molecule has 1 heterocycles. The summed E-state index contributed by atoms with van der Waals surface area (Å²) >= 11 is 3.99.